The first kappa shape index (κ1) is 21.7. The zero-order chi connectivity index (χ0) is 21.7. The summed E-state index contributed by atoms with van der Waals surface area (Å²) >= 11 is 0. The molecular weight excluding hydrogens is 395 g/mol. The van der Waals surface area contributed by atoms with Crippen molar-refractivity contribution in [3.63, 3.8) is 0 Å². The lowest BCUT2D eigenvalue weighted by molar-refractivity contribution is -0.137. The molecule has 0 saturated heterocycles. The Balaban J connectivity index is 1.70. The third-order valence-electron chi connectivity index (χ3n) is 4.76. The highest BCUT2D eigenvalue weighted by Gasteiger charge is 2.29. The Morgan fingerprint density at radius 1 is 1.03 bits per heavy atom. The first-order chi connectivity index (χ1) is 14.2. The van der Waals surface area contributed by atoms with Crippen LogP contribution in [0, 0.1) is 5.92 Å². The first-order valence-electron chi connectivity index (χ1n) is 9.79. The fourth-order valence-corrected chi connectivity index (χ4v) is 3.16. The van der Waals surface area contributed by atoms with Crippen LogP contribution in [0.3, 0.4) is 0 Å². The monoisotopic (exact) mass is 419 g/mol. The molecular formula is C23H24F3NO3. The molecule has 0 fully saturated rings. The minimum Gasteiger partial charge on any atom is -0.490 e. The molecule has 1 aliphatic rings. The number of hydrogen-bond donors (Lipinski definition) is 1. The van der Waals surface area contributed by atoms with Gasteiger partial charge < -0.3 is 14.8 Å². The number of carbonyl (C=O) groups excluding carboxylic acids is 1. The van der Waals surface area contributed by atoms with Crippen molar-refractivity contribution in [2.24, 2.45) is 5.92 Å². The summed E-state index contributed by atoms with van der Waals surface area (Å²) in [5.41, 5.74) is 0.679. The highest BCUT2D eigenvalue weighted by molar-refractivity contribution is 5.92. The van der Waals surface area contributed by atoms with E-state index in [2.05, 4.69) is 5.32 Å². The number of halogens is 3. The van der Waals surface area contributed by atoms with Crippen LogP contribution in [-0.4, -0.2) is 19.1 Å². The summed E-state index contributed by atoms with van der Waals surface area (Å²) < 4.78 is 49.3. The van der Waals surface area contributed by atoms with E-state index in [1.807, 2.05) is 32.0 Å². The highest BCUT2D eigenvalue weighted by atomic mass is 19.4. The third kappa shape index (κ3) is 5.55. The van der Waals surface area contributed by atoms with Crippen LogP contribution in [0.15, 0.2) is 48.5 Å². The molecule has 0 unspecified atom stereocenters. The van der Waals surface area contributed by atoms with Crippen LogP contribution in [0.1, 0.15) is 43.0 Å². The quantitative estimate of drug-likeness (QED) is 0.661. The summed E-state index contributed by atoms with van der Waals surface area (Å²) in [6.45, 7) is 5.16. The lowest BCUT2D eigenvalue weighted by atomic mass is 9.95. The van der Waals surface area contributed by atoms with E-state index in [1.54, 1.807) is 0 Å². The number of rotatable bonds is 5. The number of fused-ring (bicyclic) bond motifs is 1. The second kappa shape index (κ2) is 9.24. The van der Waals surface area contributed by atoms with E-state index in [1.165, 1.54) is 24.3 Å². The Morgan fingerprint density at radius 2 is 1.70 bits per heavy atom. The normalized spacial score (nSPS) is 15.1. The smallest absolute Gasteiger partial charge is 0.416 e. The summed E-state index contributed by atoms with van der Waals surface area (Å²) in [5, 5.41) is 2.96. The van der Waals surface area contributed by atoms with Crippen molar-refractivity contribution in [3.8, 4) is 11.5 Å². The molecule has 4 nitrogen and oxygen atoms in total. The Labute approximate surface area is 173 Å². The molecule has 0 aromatic heterocycles. The minimum absolute atomic E-state index is 0.109. The molecule has 2 aromatic carbocycles. The fourth-order valence-electron chi connectivity index (χ4n) is 3.16. The SMILES string of the molecule is CC(C)[C@H](NC(=O)/C=C/c1ccc(C(F)(F)F)cc1)c1ccc2c(c1)OCCCO2. The molecule has 0 spiro atoms. The van der Waals surface area contributed by atoms with Gasteiger partial charge in [-0.15, -0.1) is 0 Å². The first-order valence-corrected chi connectivity index (χ1v) is 9.79. The maximum atomic E-state index is 12.6. The van der Waals surface area contributed by atoms with E-state index in [9.17, 15) is 18.0 Å². The molecule has 1 heterocycles. The van der Waals surface area contributed by atoms with Crippen LogP contribution in [0.4, 0.5) is 13.2 Å². The van der Waals surface area contributed by atoms with Crippen molar-refractivity contribution < 1.29 is 27.4 Å². The number of ether oxygens (including phenoxy) is 2. The maximum absolute atomic E-state index is 12.6. The number of carbonyl (C=O) groups is 1. The van der Waals surface area contributed by atoms with Gasteiger partial charge in [-0.2, -0.15) is 13.2 Å². The van der Waals surface area contributed by atoms with Gasteiger partial charge in [0, 0.05) is 12.5 Å². The van der Waals surface area contributed by atoms with Crippen LogP contribution in [0.2, 0.25) is 0 Å². The van der Waals surface area contributed by atoms with Gasteiger partial charge in [-0.3, -0.25) is 4.79 Å². The molecule has 160 valence electrons. The topological polar surface area (TPSA) is 47.6 Å². The number of hydrogen-bond acceptors (Lipinski definition) is 3. The van der Waals surface area contributed by atoms with Crippen LogP contribution < -0.4 is 14.8 Å². The van der Waals surface area contributed by atoms with Crippen molar-refractivity contribution in [3.05, 3.63) is 65.2 Å². The van der Waals surface area contributed by atoms with Crippen molar-refractivity contribution in [2.75, 3.05) is 13.2 Å². The average molecular weight is 419 g/mol. The Morgan fingerprint density at radius 3 is 2.33 bits per heavy atom. The lowest BCUT2D eigenvalue weighted by Gasteiger charge is -2.23. The molecule has 0 radical (unpaired) electrons. The van der Waals surface area contributed by atoms with Gasteiger partial charge in [-0.1, -0.05) is 32.0 Å². The minimum atomic E-state index is -4.38. The predicted octanol–water partition coefficient (Wildman–Crippen LogP) is 5.39. The molecule has 0 bridgehead atoms. The Kier molecular flexibility index (Phi) is 6.70. The van der Waals surface area contributed by atoms with Gasteiger partial charge in [0.05, 0.1) is 24.8 Å². The summed E-state index contributed by atoms with van der Waals surface area (Å²) in [6.07, 6.45) is -0.766. The van der Waals surface area contributed by atoms with E-state index in [4.69, 9.17) is 9.47 Å². The predicted molar refractivity (Wildman–Crippen MR) is 108 cm³/mol. The van der Waals surface area contributed by atoms with Crippen LogP contribution >= 0.6 is 0 Å². The molecule has 2 aromatic rings. The number of benzene rings is 2. The zero-order valence-corrected chi connectivity index (χ0v) is 16.8. The van der Waals surface area contributed by atoms with Crippen molar-refractivity contribution in [1.82, 2.24) is 5.32 Å². The molecule has 1 atom stereocenters. The van der Waals surface area contributed by atoms with E-state index in [0.717, 1.165) is 24.1 Å². The third-order valence-corrected chi connectivity index (χ3v) is 4.76. The van der Waals surface area contributed by atoms with E-state index in [-0.39, 0.29) is 17.9 Å². The van der Waals surface area contributed by atoms with E-state index in [0.29, 0.717) is 30.3 Å². The van der Waals surface area contributed by atoms with Crippen molar-refractivity contribution in [2.45, 2.75) is 32.5 Å². The largest absolute Gasteiger partial charge is 0.490 e. The van der Waals surface area contributed by atoms with Gasteiger partial charge in [-0.25, -0.2) is 0 Å². The van der Waals surface area contributed by atoms with E-state index < -0.39 is 11.7 Å². The molecule has 1 amide bonds. The number of amides is 1. The average Bonchev–Trinajstić information content (AvgIpc) is 2.94. The molecule has 3 rings (SSSR count). The second-order valence-corrected chi connectivity index (χ2v) is 7.44. The fraction of sp³-hybridized carbons (Fsp3) is 0.348. The van der Waals surface area contributed by atoms with Crippen LogP contribution in [0.5, 0.6) is 11.5 Å². The van der Waals surface area contributed by atoms with Crippen molar-refractivity contribution in [1.29, 1.82) is 0 Å². The lowest BCUT2D eigenvalue weighted by Crippen LogP contribution is -2.30. The second-order valence-electron chi connectivity index (χ2n) is 7.44. The molecule has 1 N–H and O–H groups in total. The number of nitrogens with one attached hydrogen (secondary N) is 1. The zero-order valence-electron chi connectivity index (χ0n) is 16.8. The summed E-state index contributed by atoms with van der Waals surface area (Å²) in [7, 11) is 0. The van der Waals surface area contributed by atoms with Gasteiger partial charge >= 0.3 is 6.18 Å². The highest BCUT2D eigenvalue weighted by Crippen LogP contribution is 2.34. The van der Waals surface area contributed by atoms with Crippen LogP contribution in [0.25, 0.3) is 6.08 Å². The van der Waals surface area contributed by atoms with Gasteiger partial charge in [0.1, 0.15) is 0 Å². The standard InChI is InChI=1S/C23H24F3NO3/c1-15(2)22(17-7-10-19-20(14-17)30-13-3-12-29-19)27-21(28)11-6-16-4-8-18(9-5-16)23(24,25)26/h4-11,14-15,22H,3,12-13H2,1-2H3,(H,27,28)/b11-6+/t22-/m0/s1. The van der Waals surface area contributed by atoms with Gasteiger partial charge in [-0.05, 0) is 47.4 Å². The number of alkyl halides is 3. The molecule has 30 heavy (non-hydrogen) atoms. The molecule has 7 heteroatoms. The Bertz CT molecular complexity index is 905. The van der Waals surface area contributed by atoms with E-state index >= 15 is 0 Å². The van der Waals surface area contributed by atoms with Gasteiger partial charge in [0.15, 0.2) is 11.5 Å². The summed E-state index contributed by atoms with van der Waals surface area (Å²) in [4.78, 5) is 12.4. The molecule has 0 saturated carbocycles. The maximum Gasteiger partial charge on any atom is 0.416 e. The summed E-state index contributed by atoms with van der Waals surface area (Å²) in [5.74, 6) is 1.12. The van der Waals surface area contributed by atoms with Gasteiger partial charge in [0.2, 0.25) is 5.91 Å². The Hall–Kier alpha value is -2.96. The molecule has 0 aliphatic carbocycles. The van der Waals surface area contributed by atoms with Gasteiger partial charge in [0.25, 0.3) is 0 Å². The summed E-state index contributed by atoms with van der Waals surface area (Å²) in [6, 6.07) is 10.0. The van der Waals surface area contributed by atoms with Crippen LogP contribution in [-0.2, 0) is 11.0 Å². The van der Waals surface area contributed by atoms with Crippen molar-refractivity contribution >= 4 is 12.0 Å². The molecule has 1 aliphatic heterocycles.